The van der Waals surface area contributed by atoms with Crippen LogP contribution in [-0.2, 0) is 35.2 Å². The molecular weight excluding hydrogens is 558 g/mol. The molecule has 0 radical (unpaired) electrons. The van der Waals surface area contributed by atoms with E-state index in [0.717, 1.165) is 28.7 Å². The van der Waals surface area contributed by atoms with Crippen molar-refractivity contribution in [1.29, 1.82) is 0 Å². The first-order valence-corrected chi connectivity index (χ1v) is 17.7. The van der Waals surface area contributed by atoms with Crippen molar-refractivity contribution in [3.05, 3.63) is 100 Å². The Morgan fingerprint density at radius 3 is 2.28 bits per heavy atom. The molecule has 0 fully saturated rings. The van der Waals surface area contributed by atoms with E-state index in [1.807, 2.05) is 24.3 Å². The number of rotatable bonds is 14. The number of nitrogens with one attached hydrogen (secondary N) is 2. The maximum atomic E-state index is 12.6. The monoisotopic (exact) mass is 605 g/mol. The minimum absolute atomic E-state index is 0.0237. The summed E-state index contributed by atoms with van der Waals surface area (Å²) >= 11 is 0. The Labute approximate surface area is 256 Å². The highest BCUT2D eigenvalue weighted by molar-refractivity contribution is 6.74. The van der Waals surface area contributed by atoms with Crippen molar-refractivity contribution >= 4 is 20.1 Å². The second kappa shape index (κ2) is 14.8. The molecular formula is C34H47N3O5Si. The molecule has 43 heavy (non-hydrogen) atoms. The van der Waals surface area contributed by atoms with Crippen LogP contribution in [0.25, 0.3) is 0 Å². The lowest BCUT2D eigenvalue weighted by atomic mass is 10.0. The molecule has 0 saturated heterocycles. The fourth-order valence-electron chi connectivity index (χ4n) is 4.53. The van der Waals surface area contributed by atoms with Crippen LogP contribution in [0.4, 0.5) is 0 Å². The third kappa shape index (κ3) is 10.0. The molecule has 0 unspecified atom stereocenters. The molecule has 0 aliphatic rings. The second-order valence-electron chi connectivity index (χ2n) is 12.8. The van der Waals surface area contributed by atoms with Crippen LogP contribution < -0.4 is 16.4 Å². The molecule has 3 aromatic rings. The fraction of sp³-hybridized carbons (Fsp3) is 0.412. The third-order valence-corrected chi connectivity index (χ3v) is 12.7. The van der Waals surface area contributed by atoms with Crippen molar-refractivity contribution in [2.75, 3.05) is 6.54 Å². The Morgan fingerprint density at radius 1 is 0.977 bits per heavy atom. The minimum Gasteiger partial charge on any atom is -0.508 e. The summed E-state index contributed by atoms with van der Waals surface area (Å²) in [7, 11) is -2.12. The Balaban J connectivity index is 1.60. The zero-order valence-corrected chi connectivity index (χ0v) is 27.2. The molecule has 3 rings (SSSR count). The first-order chi connectivity index (χ1) is 20.2. The average molecular weight is 606 g/mol. The topological polar surface area (TPSA) is 134 Å². The summed E-state index contributed by atoms with van der Waals surface area (Å²) in [6, 6.07) is 20.4. The predicted molar refractivity (Wildman–Crippen MR) is 173 cm³/mol. The number of hydrogen-bond donors (Lipinski definition) is 5. The van der Waals surface area contributed by atoms with Gasteiger partial charge in [-0.1, -0.05) is 63.2 Å². The predicted octanol–water partition coefficient (Wildman–Crippen LogP) is 5.13. The van der Waals surface area contributed by atoms with Gasteiger partial charge in [-0.05, 0) is 78.0 Å². The molecule has 9 heteroatoms. The van der Waals surface area contributed by atoms with Gasteiger partial charge in [-0.25, -0.2) is 0 Å². The van der Waals surface area contributed by atoms with Crippen molar-refractivity contribution in [2.24, 2.45) is 5.73 Å². The molecule has 0 bridgehead atoms. The van der Waals surface area contributed by atoms with Crippen molar-refractivity contribution in [2.45, 2.75) is 84.0 Å². The van der Waals surface area contributed by atoms with Crippen molar-refractivity contribution in [3.8, 4) is 5.75 Å². The molecule has 2 atom stereocenters. The highest BCUT2D eigenvalue weighted by Crippen LogP contribution is 2.40. The largest absolute Gasteiger partial charge is 0.508 e. The maximum Gasteiger partial charge on any atom is 0.248 e. The molecule has 0 spiro atoms. The normalized spacial score (nSPS) is 13.4. The lowest BCUT2D eigenvalue weighted by Crippen LogP contribution is -2.44. The number of primary amides is 1. The van der Waals surface area contributed by atoms with Gasteiger partial charge in [-0.3, -0.25) is 9.59 Å². The summed E-state index contributed by atoms with van der Waals surface area (Å²) in [5.41, 5.74) is 10.1. The van der Waals surface area contributed by atoms with Crippen LogP contribution in [0.1, 0.15) is 72.0 Å². The summed E-state index contributed by atoms with van der Waals surface area (Å²) in [5, 5.41) is 26.4. The number of aliphatic hydroxyl groups is 1. The first kappa shape index (κ1) is 34.0. The third-order valence-electron chi connectivity index (χ3n) is 8.17. The summed E-state index contributed by atoms with van der Waals surface area (Å²) < 4.78 is 6.81. The molecule has 232 valence electrons. The van der Waals surface area contributed by atoms with E-state index in [2.05, 4.69) is 63.6 Å². The van der Waals surface area contributed by atoms with E-state index >= 15 is 0 Å². The van der Waals surface area contributed by atoms with Gasteiger partial charge in [0.25, 0.3) is 0 Å². The van der Waals surface area contributed by atoms with Gasteiger partial charge in [-0.2, -0.15) is 0 Å². The summed E-state index contributed by atoms with van der Waals surface area (Å²) in [5.74, 6) is -0.483. The molecule has 0 saturated carbocycles. The summed E-state index contributed by atoms with van der Waals surface area (Å²) in [4.78, 5) is 23.9. The highest BCUT2D eigenvalue weighted by atomic mass is 28.4. The first-order valence-electron chi connectivity index (χ1n) is 14.8. The Kier molecular flexibility index (Phi) is 11.7. The van der Waals surface area contributed by atoms with Crippen molar-refractivity contribution in [3.63, 3.8) is 0 Å². The quantitative estimate of drug-likeness (QED) is 0.162. The van der Waals surface area contributed by atoms with Gasteiger partial charge in [0.15, 0.2) is 8.32 Å². The SMILES string of the molecule is C[C@H](Cc1cccc(CC(=O)NCc2ccc(C(N)=O)cc2)c1)NC[C@H](O[Si](C)(C)C(C)(C)C)c1ccc(O)c(CO)c1. The van der Waals surface area contributed by atoms with Crippen LogP contribution in [-0.4, -0.2) is 42.9 Å². The van der Waals surface area contributed by atoms with Crippen molar-refractivity contribution < 1.29 is 24.2 Å². The van der Waals surface area contributed by atoms with Crippen LogP contribution in [0.5, 0.6) is 5.75 Å². The molecule has 0 aliphatic carbocycles. The highest BCUT2D eigenvalue weighted by Gasteiger charge is 2.39. The number of benzene rings is 3. The van der Waals surface area contributed by atoms with E-state index < -0.39 is 14.2 Å². The van der Waals surface area contributed by atoms with E-state index in [-0.39, 0.29) is 41.9 Å². The molecule has 0 heterocycles. The number of hydrogen-bond acceptors (Lipinski definition) is 6. The van der Waals surface area contributed by atoms with E-state index in [4.69, 9.17) is 10.2 Å². The Hall–Kier alpha value is -3.50. The van der Waals surface area contributed by atoms with Crippen molar-refractivity contribution in [1.82, 2.24) is 10.6 Å². The van der Waals surface area contributed by atoms with Gasteiger partial charge >= 0.3 is 0 Å². The van der Waals surface area contributed by atoms with Crippen LogP contribution in [0.3, 0.4) is 0 Å². The van der Waals surface area contributed by atoms with Gasteiger partial charge in [0.2, 0.25) is 11.8 Å². The standard InChI is InChI=1S/C34H47N3O5Si/c1-23(36-21-31(42-43(5,6)34(2,3)4)28-14-15-30(39)29(19-28)22-38)16-25-8-7-9-26(17-25)18-32(40)37-20-24-10-12-27(13-11-24)33(35)41/h7-15,17,19,23,31,36,38-39H,16,18,20-22H2,1-6H3,(H2,35,41)(H,37,40)/t23-,31+/m1/s1. The smallest absolute Gasteiger partial charge is 0.248 e. The Bertz CT molecular complexity index is 1390. The number of carbonyl (C=O) groups excluding carboxylic acids is 2. The number of amides is 2. The van der Waals surface area contributed by atoms with Gasteiger partial charge in [-0.15, -0.1) is 0 Å². The Morgan fingerprint density at radius 2 is 1.65 bits per heavy atom. The number of aromatic hydroxyl groups is 1. The van der Waals surface area contributed by atoms with Gasteiger partial charge < -0.3 is 31.0 Å². The van der Waals surface area contributed by atoms with Crippen LogP contribution in [0, 0.1) is 0 Å². The van der Waals surface area contributed by atoms with E-state index in [1.54, 1.807) is 30.3 Å². The fourth-order valence-corrected chi connectivity index (χ4v) is 5.81. The van der Waals surface area contributed by atoms with E-state index in [9.17, 15) is 19.8 Å². The number of phenols is 1. The summed E-state index contributed by atoms with van der Waals surface area (Å²) in [6.45, 7) is 13.9. The number of aliphatic hydroxyl groups excluding tert-OH is 1. The van der Waals surface area contributed by atoms with Crippen LogP contribution >= 0.6 is 0 Å². The lowest BCUT2D eigenvalue weighted by Gasteiger charge is -2.40. The molecule has 8 nitrogen and oxygen atoms in total. The molecule has 0 aliphatic heterocycles. The van der Waals surface area contributed by atoms with Gasteiger partial charge in [0.1, 0.15) is 5.75 Å². The zero-order chi connectivity index (χ0) is 31.8. The molecule has 6 N–H and O–H groups in total. The van der Waals surface area contributed by atoms with Crippen LogP contribution in [0.2, 0.25) is 18.1 Å². The summed E-state index contributed by atoms with van der Waals surface area (Å²) in [6.07, 6.45) is 0.800. The number of nitrogens with two attached hydrogens (primary N) is 1. The van der Waals surface area contributed by atoms with E-state index in [1.165, 1.54) is 0 Å². The van der Waals surface area contributed by atoms with Crippen LogP contribution in [0.15, 0.2) is 66.7 Å². The molecule has 3 aromatic carbocycles. The molecule has 0 aromatic heterocycles. The lowest BCUT2D eigenvalue weighted by molar-refractivity contribution is -0.120. The minimum atomic E-state index is -2.12. The van der Waals surface area contributed by atoms with Gasteiger partial charge in [0.05, 0.1) is 19.1 Å². The number of carbonyl (C=O) groups is 2. The average Bonchev–Trinajstić information content (AvgIpc) is 2.94. The van der Waals surface area contributed by atoms with Gasteiger partial charge in [0, 0.05) is 30.3 Å². The van der Waals surface area contributed by atoms with E-state index in [0.29, 0.717) is 24.2 Å². The second-order valence-corrected chi connectivity index (χ2v) is 17.5. The zero-order valence-electron chi connectivity index (χ0n) is 26.2. The maximum absolute atomic E-state index is 12.6. The molecule has 2 amide bonds.